The van der Waals surface area contributed by atoms with Crippen LogP contribution in [0.4, 0.5) is 15.0 Å². The number of halogens is 2. The summed E-state index contributed by atoms with van der Waals surface area (Å²) in [4.78, 5) is 27.1. The molecule has 0 radical (unpaired) electrons. The number of anilines is 1. The number of hydrogen-bond donors (Lipinski definition) is 1. The Balaban J connectivity index is 1.42. The van der Waals surface area contributed by atoms with E-state index in [1.807, 2.05) is 0 Å². The maximum Gasteiger partial charge on any atom is 0.324 e. The first-order valence-corrected chi connectivity index (χ1v) is 10.3. The van der Waals surface area contributed by atoms with E-state index in [0.29, 0.717) is 23.3 Å². The number of piperidine rings is 1. The van der Waals surface area contributed by atoms with Gasteiger partial charge in [-0.3, -0.25) is 5.32 Å². The van der Waals surface area contributed by atoms with E-state index >= 15 is 0 Å². The summed E-state index contributed by atoms with van der Waals surface area (Å²) in [6, 6.07) is 1.35. The first-order valence-electron chi connectivity index (χ1n) is 9.90. The number of nitrogens with one attached hydrogen (secondary N) is 1. The second kappa shape index (κ2) is 7.23. The van der Waals surface area contributed by atoms with Crippen LogP contribution < -0.4 is 5.32 Å². The monoisotopic (exact) mass is 443 g/mol. The van der Waals surface area contributed by atoms with Crippen molar-refractivity contribution >= 4 is 23.4 Å². The minimum absolute atomic E-state index is 0.0863. The highest BCUT2D eigenvalue weighted by molar-refractivity contribution is 6.33. The molecule has 1 saturated heterocycles. The zero-order valence-corrected chi connectivity index (χ0v) is 17.6. The standard InChI is InChI=1S/C20H19ClFN7O2/c1-10-3-13-6-20(5-10,18-28-27-11(2)31-18)29(13)19(30)26-16-4-14(15(21)9-23-16)17-24-7-12(22)8-25-17/h4,7-10,13H,3,5-6H2,1-2H3,(H,23,26,30)/t10-,13?,20?/m1/s1. The summed E-state index contributed by atoms with van der Waals surface area (Å²) in [5.74, 6) is 1.33. The zero-order valence-electron chi connectivity index (χ0n) is 16.8. The van der Waals surface area contributed by atoms with Crippen molar-refractivity contribution in [3.8, 4) is 11.4 Å². The molecule has 1 saturated carbocycles. The summed E-state index contributed by atoms with van der Waals surface area (Å²) in [6.07, 6.45) is 5.95. The first-order chi connectivity index (χ1) is 14.9. The third-order valence-electron chi connectivity index (χ3n) is 5.85. The lowest BCUT2D eigenvalue weighted by atomic mass is 9.64. The normalized spacial score (nSPS) is 24.6. The van der Waals surface area contributed by atoms with E-state index in [1.54, 1.807) is 17.9 Å². The third-order valence-corrected chi connectivity index (χ3v) is 6.16. The predicted octanol–water partition coefficient (Wildman–Crippen LogP) is 3.95. The SMILES string of the molecule is Cc1nnc(C23CC(C[C@@H](C)C2)N3C(=O)Nc2cc(-c3ncc(F)cn3)c(Cl)cn2)o1. The summed E-state index contributed by atoms with van der Waals surface area (Å²) in [7, 11) is 0. The van der Waals surface area contributed by atoms with Gasteiger partial charge in [0, 0.05) is 31.1 Å². The number of carbonyl (C=O) groups excluding carboxylic acids is 1. The average molecular weight is 444 g/mol. The summed E-state index contributed by atoms with van der Waals surface area (Å²) in [5, 5.41) is 11.3. The van der Waals surface area contributed by atoms with Crippen molar-refractivity contribution in [3.05, 3.63) is 47.3 Å². The smallest absolute Gasteiger partial charge is 0.324 e. The molecule has 2 unspecified atom stereocenters. The number of amides is 2. The maximum absolute atomic E-state index is 13.2. The molecular weight excluding hydrogens is 425 g/mol. The van der Waals surface area contributed by atoms with Gasteiger partial charge in [-0.25, -0.2) is 24.1 Å². The van der Waals surface area contributed by atoms with Gasteiger partial charge in [-0.2, -0.15) is 0 Å². The molecule has 11 heteroatoms. The van der Waals surface area contributed by atoms with Crippen molar-refractivity contribution in [2.75, 3.05) is 5.32 Å². The fourth-order valence-corrected chi connectivity index (χ4v) is 4.92. The van der Waals surface area contributed by atoms with Crippen molar-refractivity contribution < 1.29 is 13.6 Å². The highest BCUT2D eigenvalue weighted by Crippen LogP contribution is 2.55. The number of fused-ring (bicyclic) bond motifs is 2. The predicted molar refractivity (Wildman–Crippen MR) is 109 cm³/mol. The molecule has 2 amide bonds. The van der Waals surface area contributed by atoms with Crippen LogP contribution in [0.3, 0.4) is 0 Å². The van der Waals surface area contributed by atoms with Crippen molar-refractivity contribution in [2.45, 2.75) is 44.7 Å². The highest BCUT2D eigenvalue weighted by atomic mass is 35.5. The second-order valence-electron chi connectivity index (χ2n) is 8.14. The van der Waals surface area contributed by atoms with Crippen molar-refractivity contribution in [3.63, 3.8) is 0 Å². The van der Waals surface area contributed by atoms with Crippen molar-refractivity contribution in [1.29, 1.82) is 0 Å². The molecule has 3 atom stereocenters. The molecule has 160 valence electrons. The number of carbonyl (C=O) groups is 1. The van der Waals surface area contributed by atoms with Crippen LogP contribution in [0, 0.1) is 18.7 Å². The zero-order chi connectivity index (χ0) is 21.8. The topological polar surface area (TPSA) is 110 Å². The second-order valence-corrected chi connectivity index (χ2v) is 8.54. The molecule has 4 heterocycles. The first kappa shape index (κ1) is 19.8. The highest BCUT2D eigenvalue weighted by Gasteiger charge is 2.62. The molecule has 3 aromatic heterocycles. The molecule has 31 heavy (non-hydrogen) atoms. The van der Waals surface area contributed by atoms with E-state index in [2.05, 4.69) is 37.4 Å². The van der Waals surface area contributed by atoms with Gasteiger partial charge in [0.2, 0.25) is 11.8 Å². The maximum atomic E-state index is 13.2. The lowest BCUT2D eigenvalue weighted by Crippen LogP contribution is -2.70. The van der Waals surface area contributed by atoms with Crippen molar-refractivity contribution in [2.24, 2.45) is 5.92 Å². The molecule has 2 aliphatic rings. The molecule has 2 bridgehead atoms. The summed E-state index contributed by atoms with van der Waals surface area (Å²) in [5.41, 5.74) is -0.171. The van der Waals surface area contributed by atoms with E-state index in [0.717, 1.165) is 31.7 Å². The van der Waals surface area contributed by atoms with Gasteiger partial charge in [-0.05, 0) is 24.8 Å². The van der Waals surface area contributed by atoms with E-state index in [9.17, 15) is 9.18 Å². The molecular formula is C20H19ClFN7O2. The van der Waals surface area contributed by atoms with Crippen LogP contribution in [0.2, 0.25) is 5.02 Å². The van der Waals surface area contributed by atoms with Gasteiger partial charge in [-0.15, -0.1) is 10.2 Å². The molecule has 9 nitrogen and oxygen atoms in total. The van der Waals surface area contributed by atoms with Gasteiger partial charge >= 0.3 is 6.03 Å². The fraction of sp³-hybridized carbons (Fsp3) is 0.400. The number of urea groups is 1. The molecule has 1 N–H and O–H groups in total. The lowest BCUT2D eigenvalue weighted by molar-refractivity contribution is -0.110. The Bertz CT molecular complexity index is 1150. The number of pyridine rings is 1. The number of hydrogen-bond acceptors (Lipinski definition) is 7. The Morgan fingerprint density at radius 1 is 1.26 bits per heavy atom. The van der Waals surface area contributed by atoms with Gasteiger partial charge in [-0.1, -0.05) is 18.5 Å². The van der Waals surface area contributed by atoms with Crippen LogP contribution in [0.5, 0.6) is 0 Å². The molecule has 3 aromatic rings. The Morgan fingerprint density at radius 3 is 2.74 bits per heavy atom. The molecule has 0 aromatic carbocycles. The van der Waals surface area contributed by atoms with Gasteiger partial charge < -0.3 is 9.32 Å². The largest absolute Gasteiger partial charge is 0.423 e. The Hall–Kier alpha value is -3.14. The molecule has 2 fully saturated rings. The third kappa shape index (κ3) is 3.31. The lowest BCUT2D eigenvalue weighted by Gasteiger charge is -2.61. The van der Waals surface area contributed by atoms with E-state index in [-0.39, 0.29) is 28.7 Å². The van der Waals surface area contributed by atoms with Crippen LogP contribution in [0.15, 0.2) is 29.1 Å². The van der Waals surface area contributed by atoms with Crippen LogP contribution in [-0.4, -0.2) is 42.1 Å². The summed E-state index contributed by atoms with van der Waals surface area (Å²) >= 11 is 6.22. The van der Waals surface area contributed by atoms with Gasteiger partial charge in [0.25, 0.3) is 0 Å². The summed E-state index contributed by atoms with van der Waals surface area (Å²) in [6.45, 7) is 3.89. The number of aromatic nitrogens is 5. The van der Waals surface area contributed by atoms with Crippen LogP contribution in [0.1, 0.15) is 38.0 Å². The van der Waals surface area contributed by atoms with Gasteiger partial charge in [0.05, 0.1) is 17.4 Å². The van der Waals surface area contributed by atoms with E-state index in [4.69, 9.17) is 16.0 Å². The molecule has 1 aliphatic heterocycles. The van der Waals surface area contributed by atoms with Gasteiger partial charge in [0.1, 0.15) is 11.4 Å². The minimum atomic E-state index is -0.608. The number of nitrogens with zero attached hydrogens (tertiary/aromatic N) is 6. The van der Waals surface area contributed by atoms with Crippen molar-refractivity contribution in [1.82, 2.24) is 30.0 Å². The molecule has 0 spiro atoms. The number of likely N-dealkylation sites (tertiary alicyclic amines) is 1. The van der Waals surface area contributed by atoms with E-state index in [1.165, 1.54) is 6.20 Å². The fourth-order valence-electron chi connectivity index (χ4n) is 4.73. The quantitative estimate of drug-likeness (QED) is 0.652. The Labute approximate surface area is 182 Å². The van der Waals surface area contributed by atoms with Crippen LogP contribution in [0.25, 0.3) is 11.4 Å². The number of aryl methyl sites for hydroxylation is 1. The minimum Gasteiger partial charge on any atom is -0.423 e. The number of rotatable bonds is 3. The van der Waals surface area contributed by atoms with Crippen LogP contribution >= 0.6 is 11.6 Å². The Kier molecular flexibility index (Phi) is 4.62. The molecule has 5 rings (SSSR count). The summed E-state index contributed by atoms with van der Waals surface area (Å²) < 4.78 is 18.9. The average Bonchev–Trinajstić information content (AvgIpc) is 3.16. The van der Waals surface area contributed by atoms with Gasteiger partial charge in [0.15, 0.2) is 11.6 Å². The Morgan fingerprint density at radius 2 is 2.03 bits per heavy atom. The van der Waals surface area contributed by atoms with E-state index < -0.39 is 11.4 Å². The van der Waals surface area contributed by atoms with Crippen LogP contribution in [-0.2, 0) is 5.54 Å². The molecule has 1 aliphatic carbocycles.